The third-order valence-corrected chi connectivity index (χ3v) is 3.32. The maximum atomic E-state index is 12.2. The largest absolute Gasteiger partial charge is 0.396 e. The average Bonchev–Trinajstić information content (AvgIpc) is 2.73. The predicted octanol–water partition coefficient (Wildman–Crippen LogP) is 2.05. The fraction of sp³-hybridized carbons (Fsp3) is 0.714. The topological polar surface area (TPSA) is 67.2 Å². The van der Waals surface area contributed by atoms with Gasteiger partial charge >= 0.3 is 0 Å². The number of amides is 1. The van der Waals surface area contributed by atoms with Gasteiger partial charge in [0, 0.05) is 12.6 Å². The zero-order chi connectivity index (χ0) is 14.4. The van der Waals surface area contributed by atoms with Crippen molar-refractivity contribution >= 4 is 5.91 Å². The summed E-state index contributed by atoms with van der Waals surface area (Å²) in [6, 6.07) is 2.03. The molecule has 1 amide bonds. The highest BCUT2D eigenvalue weighted by Crippen LogP contribution is 2.18. The molecule has 0 aliphatic heterocycles. The number of nitrogens with one attached hydrogen (secondary N) is 1. The van der Waals surface area contributed by atoms with Crippen LogP contribution < -0.4 is 5.32 Å². The van der Waals surface area contributed by atoms with Gasteiger partial charge in [-0.2, -0.15) is 5.10 Å². The second-order valence-corrected chi connectivity index (χ2v) is 4.97. The van der Waals surface area contributed by atoms with Crippen molar-refractivity contribution in [3.63, 3.8) is 0 Å². The van der Waals surface area contributed by atoms with E-state index in [1.807, 2.05) is 24.6 Å². The number of hydrogen-bond donors (Lipinski definition) is 2. The Kier molecular flexibility index (Phi) is 6.02. The van der Waals surface area contributed by atoms with Gasteiger partial charge in [0.15, 0.2) is 0 Å². The van der Waals surface area contributed by atoms with Crippen LogP contribution in [0.1, 0.15) is 62.3 Å². The summed E-state index contributed by atoms with van der Waals surface area (Å²) >= 11 is 0. The molecule has 2 N–H and O–H groups in total. The zero-order valence-corrected chi connectivity index (χ0v) is 12.3. The molecule has 0 spiro atoms. The second kappa shape index (κ2) is 7.28. The number of aliphatic hydroxyl groups is 1. The van der Waals surface area contributed by atoms with E-state index in [9.17, 15) is 4.79 Å². The van der Waals surface area contributed by atoms with Crippen LogP contribution in [0, 0.1) is 6.92 Å². The van der Waals surface area contributed by atoms with Gasteiger partial charge in [-0.05, 0) is 39.2 Å². The van der Waals surface area contributed by atoms with E-state index in [-0.39, 0.29) is 24.6 Å². The van der Waals surface area contributed by atoms with Crippen LogP contribution in [0.15, 0.2) is 6.07 Å². The fourth-order valence-corrected chi connectivity index (χ4v) is 2.16. The van der Waals surface area contributed by atoms with Crippen LogP contribution in [-0.4, -0.2) is 33.4 Å². The van der Waals surface area contributed by atoms with Crippen LogP contribution in [0.2, 0.25) is 0 Å². The molecule has 1 aromatic rings. The lowest BCUT2D eigenvalue weighted by molar-refractivity contribution is 0.0920. The first-order valence-electron chi connectivity index (χ1n) is 7.01. The number of hydrogen-bond acceptors (Lipinski definition) is 3. The monoisotopic (exact) mass is 267 g/mol. The highest BCUT2D eigenvalue weighted by Gasteiger charge is 2.19. The molecule has 1 atom stereocenters. The standard InChI is InChI=1S/C14H25N3O2/c1-5-12(6-2)17-13(9-11(4)16-17)14(19)15-10(3)7-8-18/h9-10,12,18H,5-8H2,1-4H3,(H,15,19). The molecule has 0 bridgehead atoms. The zero-order valence-electron chi connectivity index (χ0n) is 12.3. The van der Waals surface area contributed by atoms with Gasteiger partial charge in [0.05, 0.1) is 11.7 Å². The summed E-state index contributed by atoms with van der Waals surface area (Å²) in [5, 5.41) is 16.2. The summed E-state index contributed by atoms with van der Waals surface area (Å²) in [5.41, 5.74) is 1.46. The van der Waals surface area contributed by atoms with Gasteiger partial charge in [-0.25, -0.2) is 0 Å². The van der Waals surface area contributed by atoms with Crippen molar-refractivity contribution in [1.29, 1.82) is 0 Å². The first-order chi connectivity index (χ1) is 9.03. The molecule has 0 radical (unpaired) electrons. The molecule has 1 unspecified atom stereocenters. The highest BCUT2D eigenvalue weighted by atomic mass is 16.3. The van der Waals surface area contributed by atoms with E-state index in [0.717, 1.165) is 18.5 Å². The maximum Gasteiger partial charge on any atom is 0.269 e. The van der Waals surface area contributed by atoms with Crippen LogP contribution in [0.25, 0.3) is 0 Å². The Morgan fingerprint density at radius 2 is 2.11 bits per heavy atom. The van der Waals surface area contributed by atoms with E-state index in [4.69, 9.17) is 5.11 Å². The SMILES string of the molecule is CCC(CC)n1nc(C)cc1C(=O)NC(C)CCO. The Labute approximate surface area is 115 Å². The van der Waals surface area contributed by atoms with E-state index in [0.29, 0.717) is 12.1 Å². The lowest BCUT2D eigenvalue weighted by atomic mass is 10.1. The third-order valence-electron chi connectivity index (χ3n) is 3.32. The van der Waals surface area contributed by atoms with E-state index < -0.39 is 0 Å². The van der Waals surface area contributed by atoms with Gasteiger partial charge in [-0.15, -0.1) is 0 Å². The average molecular weight is 267 g/mol. The molecule has 0 saturated heterocycles. The van der Waals surface area contributed by atoms with Crippen LogP contribution in [0.5, 0.6) is 0 Å². The molecule has 0 fully saturated rings. The number of rotatable bonds is 7. The lowest BCUT2D eigenvalue weighted by Gasteiger charge is -2.18. The molecule has 1 aromatic heterocycles. The van der Waals surface area contributed by atoms with E-state index in [2.05, 4.69) is 24.3 Å². The first kappa shape index (κ1) is 15.7. The second-order valence-electron chi connectivity index (χ2n) is 4.97. The molecule has 108 valence electrons. The van der Waals surface area contributed by atoms with Gasteiger partial charge in [0.25, 0.3) is 5.91 Å². The smallest absolute Gasteiger partial charge is 0.269 e. The number of carbonyl (C=O) groups excluding carboxylic acids is 1. The Balaban J connectivity index is 2.90. The van der Waals surface area contributed by atoms with Crippen molar-refractivity contribution in [2.45, 2.75) is 59.0 Å². The minimum atomic E-state index is -0.117. The first-order valence-corrected chi connectivity index (χ1v) is 7.01. The number of aromatic nitrogens is 2. The number of aliphatic hydroxyl groups excluding tert-OH is 1. The van der Waals surface area contributed by atoms with Gasteiger partial charge in [-0.1, -0.05) is 13.8 Å². The van der Waals surface area contributed by atoms with Crippen molar-refractivity contribution in [2.75, 3.05) is 6.61 Å². The molecule has 1 rings (SSSR count). The molecule has 5 nitrogen and oxygen atoms in total. The number of aryl methyl sites for hydroxylation is 1. The van der Waals surface area contributed by atoms with Crippen molar-refractivity contribution in [3.8, 4) is 0 Å². The summed E-state index contributed by atoms with van der Waals surface area (Å²) in [5.74, 6) is -0.117. The van der Waals surface area contributed by atoms with Crippen LogP contribution in [0.4, 0.5) is 0 Å². The summed E-state index contributed by atoms with van der Waals surface area (Å²) < 4.78 is 1.83. The summed E-state index contributed by atoms with van der Waals surface area (Å²) in [4.78, 5) is 12.2. The fourth-order valence-electron chi connectivity index (χ4n) is 2.16. The normalized spacial score (nSPS) is 12.7. The van der Waals surface area contributed by atoms with Gasteiger partial charge in [0.1, 0.15) is 5.69 Å². The van der Waals surface area contributed by atoms with Crippen molar-refractivity contribution in [2.24, 2.45) is 0 Å². The maximum absolute atomic E-state index is 12.2. The predicted molar refractivity (Wildman–Crippen MR) is 75.2 cm³/mol. The molecular weight excluding hydrogens is 242 g/mol. The number of carbonyl (C=O) groups is 1. The minimum absolute atomic E-state index is 0.0390. The quantitative estimate of drug-likeness (QED) is 0.794. The van der Waals surface area contributed by atoms with Crippen LogP contribution in [0.3, 0.4) is 0 Å². The summed E-state index contributed by atoms with van der Waals surface area (Å²) in [6.45, 7) is 8.06. The Bertz CT molecular complexity index is 411. The molecule has 0 saturated carbocycles. The molecule has 5 heteroatoms. The molecule has 1 heterocycles. The van der Waals surface area contributed by atoms with E-state index in [1.54, 1.807) is 0 Å². The molecule has 0 aliphatic carbocycles. The van der Waals surface area contributed by atoms with Crippen molar-refractivity contribution < 1.29 is 9.90 Å². The molecule has 0 aliphatic rings. The lowest BCUT2D eigenvalue weighted by Crippen LogP contribution is -2.35. The van der Waals surface area contributed by atoms with Gasteiger partial charge in [0.2, 0.25) is 0 Å². The molecular formula is C14H25N3O2. The van der Waals surface area contributed by atoms with Gasteiger partial charge < -0.3 is 10.4 Å². The Morgan fingerprint density at radius 3 is 2.63 bits per heavy atom. The highest BCUT2D eigenvalue weighted by molar-refractivity contribution is 5.92. The van der Waals surface area contributed by atoms with E-state index >= 15 is 0 Å². The van der Waals surface area contributed by atoms with Crippen LogP contribution in [-0.2, 0) is 0 Å². The minimum Gasteiger partial charge on any atom is -0.396 e. The molecule has 19 heavy (non-hydrogen) atoms. The van der Waals surface area contributed by atoms with Crippen LogP contribution >= 0.6 is 0 Å². The van der Waals surface area contributed by atoms with Crippen molar-refractivity contribution in [3.05, 3.63) is 17.5 Å². The molecule has 0 aromatic carbocycles. The van der Waals surface area contributed by atoms with Crippen molar-refractivity contribution in [1.82, 2.24) is 15.1 Å². The van der Waals surface area contributed by atoms with Gasteiger partial charge in [-0.3, -0.25) is 9.48 Å². The Morgan fingerprint density at radius 1 is 1.47 bits per heavy atom. The third kappa shape index (κ3) is 4.06. The Hall–Kier alpha value is -1.36. The van der Waals surface area contributed by atoms with E-state index in [1.165, 1.54) is 0 Å². The summed E-state index contributed by atoms with van der Waals surface area (Å²) in [7, 11) is 0. The summed E-state index contributed by atoms with van der Waals surface area (Å²) in [6.07, 6.45) is 2.46. The number of nitrogens with zero attached hydrogens (tertiary/aromatic N) is 2.